The average molecular weight is 433 g/mol. The van der Waals surface area contributed by atoms with Gasteiger partial charge in [0, 0.05) is 29.2 Å². The maximum absolute atomic E-state index is 12.6. The number of phenolic OH excluding ortho intramolecular Hbond substituents is 1. The van der Waals surface area contributed by atoms with Crippen molar-refractivity contribution >= 4 is 21.8 Å². The first-order chi connectivity index (χ1) is 13.0. The van der Waals surface area contributed by atoms with Gasteiger partial charge in [0.05, 0.1) is 18.2 Å². The molecule has 0 atom stereocenters. The maximum atomic E-state index is 12.6. The molecule has 0 aliphatic carbocycles. The Kier molecular flexibility index (Phi) is 7.50. The Morgan fingerprint density at radius 2 is 1.96 bits per heavy atom. The zero-order valence-electron chi connectivity index (χ0n) is 15.2. The van der Waals surface area contributed by atoms with Crippen LogP contribution in [0.5, 0.6) is 17.2 Å². The van der Waals surface area contributed by atoms with Gasteiger partial charge in [0.25, 0.3) is 5.91 Å². The minimum Gasteiger partial charge on any atom is -0.508 e. The summed E-state index contributed by atoms with van der Waals surface area (Å²) < 4.78 is 11.9. The lowest BCUT2D eigenvalue weighted by molar-refractivity contribution is -0.133. The minimum atomic E-state index is -0.219. The SMILES string of the molecule is CCOc1cc(C#N)ccc1OCC(=O)N(CC)Cc1cc(Br)ccc1O. The number of halogens is 1. The number of rotatable bonds is 8. The van der Waals surface area contributed by atoms with Gasteiger partial charge in [-0.2, -0.15) is 5.26 Å². The van der Waals surface area contributed by atoms with Crippen molar-refractivity contribution in [2.24, 2.45) is 0 Å². The van der Waals surface area contributed by atoms with Crippen LogP contribution in [0.4, 0.5) is 0 Å². The molecule has 0 unspecified atom stereocenters. The lowest BCUT2D eigenvalue weighted by Gasteiger charge is -2.22. The van der Waals surface area contributed by atoms with E-state index in [4.69, 9.17) is 14.7 Å². The fraction of sp³-hybridized carbons (Fsp3) is 0.300. The fourth-order valence-corrected chi connectivity index (χ4v) is 2.87. The van der Waals surface area contributed by atoms with Crippen LogP contribution in [-0.4, -0.2) is 35.7 Å². The highest BCUT2D eigenvalue weighted by Crippen LogP contribution is 2.28. The predicted octanol–water partition coefficient (Wildman–Crippen LogP) is 3.85. The molecule has 27 heavy (non-hydrogen) atoms. The quantitative estimate of drug-likeness (QED) is 0.684. The molecule has 2 aromatic carbocycles. The van der Waals surface area contributed by atoms with Crippen molar-refractivity contribution < 1.29 is 19.4 Å². The highest BCUT2D eigenvalue weighted by molar-refractivity contribution is 9.10. The standard InChI is InChI=1S/C20H21BrN2O4/c1-3-23(12-15-10-16(21)6-7-17(15)24)20(25)13-27-18-8-5-14(11-22)9-19(18)26-4-2/h5-10,24H,3-4,12-13H2,1-2H3. The molecule has 0 heterocycles. The van der Waals surface area contributed by atoms with Crippen molar-refractivity contribution in [3.63, 3.8) is 0 Å². The second-order valence-corrected chi connectivity index (χ2v) is 6.59. The average Bonchev–Trinajstić information content (AvgIpc) is 2.67. The summed E-state index contributed by atoms with van der Waals surface area (Å²) in [5.74, 6) is 0.752. The molecule has 0 radical (unpaired) electrons. The molecular formula is C20H21BrN2O4. The number of aromatic hydroxyl groups is 1. The Bertz CT molecular complexity index is 848. The third-order valence-corrected chi connectivity index (χ3v) is 4.35. The number of carbonyl (C=O) groups excluding carboxylic acids is 1. The Balaban J connectivity index is 2.07. The smallest absolute Gasteiger partial charge is 0.260 e. The van der Waals surface area contributed by atoms with Gasteiger partial charge in [-0.1, -0.05) is 15.9 Å². The number of benzene rings is 2. The maximum Gasteiger partial charge on any atom is 0.260 e. The Hall–Kier alpha value is -2.72. The van der Waals surface area contributed by atoms with E-state index in [2.05, 4.69) is 15.9 Å². The van der Waals surface area contributed by atoms with E-state index < -0.39 is 0 Å². The molecule has 1 amide bonds. The van der Waals surface area contributed by atoms with Crippen molar-refractivity contribution in [2.75, 3.05) is 19.8 Å². The van der Waals surface area contributed by atoms with Gasteiger partial charge in [-0.05, 0) is 44.2 Å². The van der Waals surface area contributed by atoms with Crippen molar-refractivity contribution in [3.05, 3.63) is 52.0 Å². The van der Waals surface area contributed by atoms with E-state index in [1.54, 1.807) is 41.3 Å². The van der Waals surface area contributed by atoms with Gasteiger partial charge >= 0.3 is 0 Å². The number of nitriles is 1. The van der Waals surface area contributed by atoms with Crippen LogP contribution in [0.15, 0.2) is 40.9 Å². The predicted molar refractivity (Wildman–Crippen MR) is 105 cm³/mol. The fourth-order valence-electron chi connectivity index (χ4n) is 2.46. The molecule has 142 valence electrons. The zero-order chi connectivity index (χ0) is 19.8. The number of hydrogen-bond acceptors (Lipinski definition) is 5. The van der Waals surface area contributed by atoms with Gasteiger partial charge in [0.1, 0.15) is 5.75 Å². The van der Waals surface area contributed by atoms with Crippen molar-refractivity contribution in [3.8, 4) is 23.3 Å². The first-order valence-electron chi connectivity index (χ1n) is 8.53. The number of ether oxygens (including phenoxy) is 2. The van der Waals surface area contributed by atoms with Gasteiger partial charge in [-0.3, -0.25) is 4.79 Å². The Labute approximate surface area is 167 Å². The highest BCUT2D eigenvalue weighted by Gasteiger charge is 2.16. The summed E-state index contributed by atoms with van der Waals surface area (Å²) in [4.78, 5) is 14.1. The monoisotopic (exact) mass is 432 g/mol. The van der Waals surface area contributed by atoms with E-state index in [1.807, 2.05) is 19.9 Å². The number of carbonyl (C=O) groups is 1. The zero-order valence-corrected chi connectivity index (χ0v) is 16.8. The number of hydrogen-bond donors (Lipinski definition) is 1. The Morgan fingerprint density at radius 3 is 2.63 bits per heavy atom. The summed E-state index contributed by atoms with van der Waals surface area (Å²) in [6.07, 6.45) is 0. The molecule has 0 aliphatic rings. The third-order valence-electron chi connectivity index (χ3n) is 3.86. The third kappa shape index (κ3) is 5.63. The second-order valence-electron chi connectivity index (χ2n) is 5.68. The van der Waals surface area contributed by atoms with E-state index in [-0.39, 0.29) is 24.8 Å². The van der Waals surface area contributed by atoms with Crippen LogP contribution < -0.4 is 9.47 Å². The van der Waals surface area contributed by atoms with E-state index in [1.165, 1.54) is 0 Å². The van der Waals surface area contributed by atoms with Crippen LogP contribution in [-0.2, 0) is 11.3 Å². The van der Waals surface area contributed by atoms with Crippen molar-refractivity contribution in [1.82, 2.24) is 4.90 Å². The molecule has 2 aromatic rings. The number of phenols is 1. The van der Waals surface area contributed by atoms with Crippen LogP contribution >= 0.6 is 15.9 Å². The van der Waals surface area contributed by atoms with E-state index in [0.29, 0.717) is 35.8 Å². The van der Waals surface area contributed by atoms with E-state index in [9.17, 15) is 9.90 Å². The molecule has 0 spiro atoms. The molecule has 0 aromatic heterocycles. The topological polar surface area (TPSA) is 82.8 Å². The van der Waals surface area contributed by atoms with Crippen LogP contribution in [0.1, 0.15) is 25.0 Å². The molecule has 2 rings (SSSR count). The Morgan fingerprint density at radius 1 is 1.19 bits per heavy atom. The number of likely N-dealkylation sites (N-methyl/N-ethyl adjacent to an activating group) is 1. The van der Waals surface area contributed by atoms with E-state index >= 15 is 0 Å². The first kappa shape index (κ1) is 20.6. The van der Waals surface area contributed by atoms with Gasteiger partial charge in [-0.15, -0.1) is 0 Å². The second kappa shape index (κ2) is 9.83. The molecule has 0 aliphatic heterocycles. The van der Waals surface area contributed by atoms with Crippen LogP contribution in [0.25, 0.3) is 0 Å². The van der Waals surface area contributed by atoms with Crippen LogP contribution in [0.2, 0.25) is 0 Å². The summed E-state index contributed by atoms with van der Waals surface area (Å²) in [5, 5.41) is 19.0. The summed E-state index contributed by atoms with van der Waals surface area (Å²) in [7, 11) is 0. The molecule has 0 bridgehead atoms. The van der Waals surface area contributed by atoms with Crippen molar-refractivity contribution in [2.45, 2.75) is 20.4 Å². The molecule has 0 saturated carbocycles. The number of amides is 1. The molecule has 1 N–H and O–H groups in total. The first-order valence-corrected chi connectivity index (χ1v) is 9.32. The summed E-state index contributed by atoms with van der Waals surface area (Å²) in [6, 6.07) is 12.0. The van der Waals surface area contributed by atoms with E-state index in [0.717, 1.165) is 4.47 Å². The summed E-state index contributed by atoms with van der Waals surface area (Å²) in [6.45, 7) is 4.68. The van der Waals surface area contributed by atoms with Gasteiger partial charge in [0.15, 0.2) is 18.1 Å². The van der Waals surface area contributed by atoms with Crippen LogP contribution in [0, 0.1) is 11.3 Å². The van der Waals surface area contributed by atoms with Gasteiger partial charge in [-0.25, -0.2) is 0 Å². The van der Waals surface area contributed by atoms with Crippen LogP contribution in [0.3, 0.4) is 0 Å². The molecule has 6 nitrogen and oxygen atoms in total. The summed E-state index contributed by atoms with van der Waals surface area (Å²) >= 11 is 3.36. The molecule has 0 fully saturated rings. The minimum absolute atomic E-state index is 0.135. The normalized spacial score (nSPS) is 10.1. The highest BCUT2D eigenvalue weighted by atomic mass is 79.9. The lowest BCUT2D eigenvalue weighted by Crippen LogP contribution is -2.34. The number of nitrogens with zero attached hydrogens (tertiary/aromatic N) is 2. The van der Waals surface area contributed by atoms with Gasteiger partial charge < -0.3 is 19.5 Å². The van der Waals surface area contributed by atoms with Gasteiger partial charge in [0.2, 0.25) is 0 Å². The molecule has 0 saturated heterocycles. The molecule has 7 heteroatoms. The van der Waals surface area contributed by atoms with Crippen molar-refractivity contribution in [1.29, 1.82) is 5.26 Å². The summed E-state index contributed by atoms with van der Waals surface area (Å²) in [5.41, 5.74) is 1.10. The lowest BCUT2D eigenvalue weighted by atomic mass is 10.2. The molecular weight excluding hydrogens is 412 g/mol. The largest absolute Gasteiger partial charge is 0.508 e.